The Bertz CT molecular complexity index is 1680. The standard InChI is InChI=1S/C29H30F3N5O3S2/c1-4-21(38)37-15(2)10-35(11-16(37)3)26-18-9-19(29(30,31)32)22(20-8-17(12-41-20)25(33)39)24-23(18)36(27(40)34-26)13-28(14-42-24)6-5-7-28/h4,8-9,12,15-16H,1,5-7,10-11,13-14H2,2-3H3,(H2,33,39)/t15-,16+. The highest BCUT2D eigenvalue weighted by atomic mass is 32.2. The molecule has 3 aliphatic rings. The van der Waals surface area contributed by atoms with Gasteiger partial charge in [0.05, 0.1) is 16.6 Å². The number of nitrogens with zero attached hydrogens (tertiary/aromatic N) is 4. The summed E-state index contributed by atoms with van der Waals surface area (Å²) < 4.78 is 46.3. The fourth-order valence-electron chi connectivity index (χ4n) is 6.61. The number of amides is 2. The normalized spacial score (nSPS) is 21.7. The van der Waals surface area contributed by atoms with Gasteiger partial charge in [0, 0.05) is 63.6 Å². The first-order valence-electron chi connectivity index (χ1n) is 13.7. The summed E-state index contributed by atoms with van der Waals surface area (Å²) in [5.74, 6) is -0.201. The summed E-state index contributed by atoms with van der Waals surface area (Å²) in [5, 5.41) is 1.71. The number of alkyl halides is 3. The highest BCUT2D eigenvalue weighted by Gasteiger charge is 2.44. The lowest BCUT2D eigenvalue weighted by Crippen LogP contribution is -2.58. The van der Waals surface area contributed by atoms with E-state index in [0.29, 0.717) is 22.7 Å². The molecular weight excluding hydrogens is 587 g/mol. The van der Waals surface area contributed by atoms with Crippen LogP contribution < -0.4 is 16.3 Å². The van der Waals surface area contributed by atoms with Crippen LogP contribution >= 0.6 is 23.1 Å². The van der Waals surface area contributed by atoms with Crippen molar-refractivity contribution in [3.63, 3.8) is 0 Å². The Morgan fingerprint density at radius 3 is 2.43 bits per heavy atom. The van der Waals surface area contributed by atoms with E-state index in [-0.39, 0.29) is 63.7 Å². The lowest BCUT2D eigenvalue weighted by atomic mass is 9.70. The fourth-order valence-corrected chi connectivity index (χ4v) is 9.19. The molecule has 2 aromatic heterocycles. The molecule has 4 heterocycles. The highest BCUT2D eigenvalue weighted by molar-refractivity contribution is 7.99. The van der Waals surface area contributed by atoms with Crippen LogP contribution in [-0.2, 0) is 17.5 Å². The van der Waals surface area contributed by atoms with E-state index < -0.39 is 23.3 Å². The van der Waals surface area contributed by atoms with Crippen LogP contribution in [0, 0.1) is 5.41 Å². The van der Waals surface area contributed by atoms with E-state index in [1.165, 1.54) is 29.3 Å². The minimum absolute atomic E-state index is 0.0395. The monoisotopic (exact) mass is 617 g/mol. The largest absolute Gasteiger partial charge is 0.417 e. The van der Waals surface area contributed by atoms with E-state index in [1.54, 1.807) is 9.47 Å². The minimum Gasteiger partial charge on any atom is -0.366 e. The number of carbonyl (C=O) groups is 2. The summed E-state index contributed by atoms with van der Waals surface area (Å²) in [6, 6.07) is 1.92. The Labute approximate surface area is 248 Å². The predicted octanol–water partition coefficient (Wildman–Crippen LogP) is 5.13. The average Bonchev–Trinajstić information content (AvgIpc) is 3.31. The summed E-state index contributed by atoms with van der Waals surface area (Å²) in [4.78, 5) is 46.7. The molecule has 2 aliphatic heterocycles. The Balaban J connectivity index is 1.63. The molecule has 1 aliphatic carbocycles. The van der Waals surface area contributed by atoms with Crippen LogP contribution in [0.4, 0.5) is 19.0 Å². The number of nitrogens with two attached hydrogens (primary N) is 1. The lowest BCUT2D eigenvalue weighted by molar-refractivity contribution is -0.137. The number of piperazine rings is 1. The molecule has 1 saturated heterocycles. The van der Waals surface area contributed by atoms with E-state index in [1.807, 2.05) is 18.7 Å². The Morgan fingerprint density at radius 2 is 1.88 bits per heavy atom. The maximum absolute atomic E-state index is 14.9. The van der Waals surface area contributed by atoms with Crippen LogP contribution in [0.5, 0.6) is 0 Å². The van der Waals surface area contributed by atoms with Gasteiger partial charge in [0.25, 0.3) is 0 Å². The van der Waals surface area contributed by atoms with Crippen LogP contribution in [0.3, 0.4) is 0 Å². The van der Waals surface area contributed by atoms with E-state index in [4.69, 9.17) is 5.73 Å². The molecule has 13 heteroatoms. The molecule has 0 bridgehead atoms. The van der Waals surface area contributed by atoms with Gasteiger partial charge in [-0.05, 0) is 50.3 Å². The van der Waals surface area contributed by atoms with Crippen LogP contribution in [0.15, 0.2) is 39.9 Å². The smallest absolute Gasteiger partial charge is 0.366 e. The zero-order valence-corrected chi connectivity index (χ0v) is 24.8. The molecular formula is C29H30F3N5O3S2. The number of hydrogen-bond donors (Lipinski definition) is 1. The van der Waals surface area contributed by atoms with Crippen molar-refractivity contribution >= 4 is 51.6 Å². The third-order valence-corrected chi connectivity index (χ3v) is 11.1. The number of thioether (sulfide) groups is 1. The Kier molecular flexibility index (Phi) is 6.95. The van der Waals surface area contributed by atoms with E-state index in [0.717, 1.165) is 36.7 Å². The maximum atomic E-state index is 14.9. The third-order valence-electron chi connectivity index (χ3n) is 8.71. The Hall–Kier alpha value is -3.32. The van der Waals surface area contributed by atoms with Crippen LogP contribution in [0.1, 0.15) is 49.0 Å². The van der Waals surface area contributed by atoms with Crippen molar-refractivity contribution in [1.82, 2.24) is 14.5 Å². The quantitative estimate of drug-likeness (QED) is 0.408. The van der Waals surface area contributed by atoms with Crippen molar-refractivity contribution in [2.75, 3.05) is 23.7 Å². The number of hydrogen-bond acceptors (Lipinski definition) is 7. The van der Waals surface area contributed by atoms with Crippen molar-refractivity contribution in [3.05, 3.63) is 51.8 Å². The Morgan fingerprint density at radius 1 is 1.19 bits per heavy atom. The molecule has 8 nitrogen and oxygen atoms in total. The van der Waals surface area contributed by atoms with E-state index in [9.17, 15) is 27.6 Å². The summed E-state index contributed by atoms with van der Waals surface area (Å²) in [5.41, 5.74) is 4.41. The average molecular weight is 618 g/mol. The van der Waals surface area contributed by atoms with Crippen LogP contribution in [-0.4, -0.2) is 57.2 Å². The number of halogens is 3. The molecule has 2 amide bonds. The molecule has 2 N–H and O–H groups in total. The first-order chi connectivity index (χ1) is 19.8. The molecule has 1 aromatic carbocycles. The number of rotatable bonds is 4. The second kappa shape index (κ2) is 10.1. The zero-order valence-electron chi connectivity index (χ0n) is 23.2. The topological polar surface area (TPSA) is 102 Å². The molecule has 6 rings (SSSR count). The second-order valence-corrected chi connectivity index (χ2v) is 13.5. The molecule has 3 aromatic rings. The predicted molar refractivity (Wildman–Crippen MR) is 158 cm³/mol. The van der Waals surface area contributed by atoms with E-state index in [2.05, 4.69) is 11.6 Å². The van der Waals surface area contributed by atoms with Gasteiger partial charge in [-0.1, -0.05) is 13.0 Å². The number of benzene rings is 1. The van der Waals surface area contributed by atoms with E-state index >= 15 is 0 Å². The first kappa shape index (κ1) is 28.8. The summed E-state index contributed by atoms with van der Waals surface area (Å²) in [6.07, 6.45) is -0.726. The molecule has 0 unspecified atom stereocenters. The number of primary amides is 1. The molecule has 42 heavy (non-hydrogen) atoms. The number of thiophene rings is 1. The van der Waals surface area contributed by atoms with Gasteiger partial charge in [0.15, 0.2) is 0 Å². The third kappa shape index (κ3) is 4.61. The van der Waals surface area contributed by atoms with Gasteiger partial charge in [0.1, 0.15) is 5.82 Å². The first-order valence-corrected chi connectivity index (χ1v) is 15.6. The van der Waals surface area contributed by atoms with Gasteiger partial charge in [-0.3, -0.25) is 14.2 Å². The minimum atomic E-state index is -4.73. The molecule has 1 spiro atoms. The van der Waals surface area contributed by atoms with Crippen molar-refractivity contribution < 1.29 is 22.8 Å². The summed E-state index contributed by atoms with van der Waals surface area (Å²) >= 11 is 2.37. The SMILES string of the molecule is C=CC(=O)N1[C@H](C)CN(c2nc(=O)n3c4c(c(-c5cc(C(N)=O)cs5)c(C(F)(F)F)cc24)SCC2(CCC2)C3)C[C@@H]1C. The fraction of sp³-hybridized carbons (Fsp3) is 0.448. The number of aromatic nitrogens is 2. The summed E-state index contributed by atoms with van der Waals surface area (Å²) in [6.45, 7) is 8.26. The summed E-state index contributed by atoms with van der Waals surface area (Å²) in [7, 11) is 0. The van der Waals surface area contributed by atoms with Gasteiger partial charge in [-0.25, -0.2) is 4.79 Å². The highest BCUT2D eigenvalue weighted by Crippen LogP contribution is 2.54. The molecule has 2 atom stereocenters. The second-order valence-electron chi connectivity index (χ2n) is 11.6. The molecule has 1 saturated carbocycles. The van der Waals surface area contributed by atoms with Crippen molar-refractivity contribution in [2.45, 2.75) is 62.8 Å². The van der Waals surface area contributed by atoms with Crippen molar-refractivity contribution in [1.29, 1.82) is 0 Å². The molecule has 222 valence electrons. The zero-order chi connectivity index (χ0) is 30.1. The number of carbonyl (C=O) groups excluding carboxylic acids is 2. The lowest BCUT2D eigenvalue weighted by Gasteiger charge is -2.45. The van der Waals surface area contributed by atoms with Gasteiger partial charge < -0.3 is 15.5 Å². The number of anilines is 1. The molecule has 0 radical (unpaired) electrons. The van der Waals surface area contributed by atoms with Crippen LogP contribution in [0.25, 0.3) is 21.3 Å². The van der Waals surface area contributed by atoms with Gasteiger partial charge in [-0.15, -0.1) is 23.1 Å². The van der Waals surface area contributed by atoms with Crippen LogP contribution in [0.2, 0.25) is 0 Å². The molecule has 2 fully saturated rings. The van der Waals surface area contributed by atoms with Gasteiger partial charge >= 0.3 is 11.9 Å². The maximum Gasteiger partial charge on any atom is 0.417 e. The van der Waals surface area contributed by atoms with Crippen molar-refractivity contribution in [3.8, 4) is 10.4 Å². The van der Waals surface area contributed by atoms with Gasteiger partial charge in [-0.2, -0.15) is 18.2 Å². The van der Waals surface area contributed by atoms with Gasteiger partial charge in [0.2, 0.25) is 11.8 Å². The van der Waals surface area contributed by atoms with Crippen molar-refractivity contribution in [2.24, 2.45) is 11.1 Å².